The van der Waals surface area contributed by atoms with Crippen LogP contribution in [0.2, 0.25) is 0 Å². The van der Waals surface area contributed by atoms with Crippen molar-refractivity contribution < 1.29 is 14.6 Å². The highest BCUT2D eigenvalue weighted by Crippen LogP contribution is 2.23. The van der Waals surface area contributed by atoms with Gasteiger partial charge >= 0.3 is 5.97 Å². The molecular weight excluding hydrogens is 276 g/mol. The smallest absolute Gasteiger partial charge is 0.342 e. The SMILES string of the molecule is CSCCCOc1c(C(=O)O)cnn1-c1ccccc1. The van der Waals surface area contributed by atoms with Gasteiger partial charge in [-0.1, -0.05) is 18.2 Å². The molecule has 0 fully saturated rings. The molecule has 0 aliphatic carbocycles. The molecule has 106 valence electrons. The maximum Gasteiger partial charge on any atom is 0.342 e. The summed E-state index contributed by atoms with van der Waals surface area (Å²) in [6.45, 7) is 0.472. The zero-order valence-corrected chi connectivity index (χ0v) is 12.0. The summed E-state index contributed by atoms with van der Waals surface area (Å²) in [5.41, 5.74) is 0.859. The lowest BCUT2D eigenvalue weighted by molar-refractivity contribution is 0.0692. The van der Waals surface area contributed by atoms with Crippen molar-refractivity contribution in [1.82, 2.24) is 9.78 Å². The van der Waals surface area contributed by atoms with E-state index < -0.39 is 5.97 Å². The van der Waals surface area contributed by atoms with Crippen LogP contribution < -0.4 is 4.74 Å². The fourth-order valence-corrected chi connectivity index (χ4v) is 2.15. The lowest BCUT2D eigenvalue weighted by Gasteiger charge is -2.10. The third-order valence-electron chi connectivity index (χ3n) is 2.69. The fourth-order valence-electron chi connectivity index (χ4n) is 1.75. The van der Waals surface area contributed by atoms with Gasteiger partial charge in [-0.05, 0) is 30.6 Å². The van der Waals surface area contributed by atoms with E-state index in [0.717, 1.165) is 17.9 Å². The molecule has 6 heteroatoms. The number of carboxylic acid groups (broad SMARTS) is 1. The Morgan fingerprint density at radius 3 is 2.80 bits per heavy atom. The van der Waals surface area contributed by atoms with Crippen molar-refractivity contribution in [2.45, 2.75) is 6.42 Å². The van der Waals surface area contributed by atoms with Gasteiger partial charge in [0.05, 0.1) is 18.5 Å². The van der Waals surface area contributed by atoms with Gasteiger partial charge in [0.1, 0.15) is 5.56 Å². The van der Waals surface area contributed by atoms with E-state index >= 15 is 0 Å². The Labute approximate surface area is 121 Å². The van der Waals surface area contributed by atoms with Gasteiger partial charge < -0.3 is 9.84 Å². The number of benzene rings is 1. The van der Waals surface area contributed by atoms with Crippen molar-refractivity contribution in [1.29, 1.82) is 0 Å². The summed E-state index contributed by atoms with van der Waals surface area (Å²) in [5.74, 6) is 0.221. The predicted molar refractivity (Wildman–Crippen MR) is 79.0 cm³/mol. The highest BCUT2D eigenvalue weighted by atomic mass is 32.2. The second kappa shape index (κ2) is 7.00. The van der Waals surface area contributed by atoms with Crippen LogP contribution in [0.25, 0.3) is 5.69 Å². The molecule has 0 saturated heterocycles. The molecule has 1 heterocycles. The number of aromatic carboxylic acids is 1. The fraction of sp³-hybridized carbons (Fsp3) is 0.286. The Morgan fingerprint density at radius 1 is 1.40 bits per heavy atom. The van der Waals surface area contributed by atoms with Gasteiger partial charge in [-0.25, -0.2) is 9.48 Å². The number of rotatable bonds is 7. The molecule has 20 heavy (non-hydrogen) atoms. The van der Waals surface area contributed by atoms with Gasteiger partial charge in [-0.3, -0.25) is 0 Å². The highest BCUT2D eigenvalue weighted by molar-refractivity contribution is 7.98. The molecule has 1 aromatic heterocycles. The minimum atomic E-state index is -1.04. The molecule has 0 saturated carbocycles. The molecule has 0 spiro atoms. The number of aromatic nitrogens is 2. The predicted octanol–water partition coefficient (Wildman–Crippen LogP) is 2.70. The number of hydrogen-bond donors (Lipinski definition) is 1. The third kappa shape index (κ3) is 3.33. The first-order valence-corrected chi connectivity index (χ1v) is 7.62. The lowest BCUT2D eigenvalue weighted by Crippen LogP contribution is -2.08. The van der Waals surface area contributed by atoms with E-state index in [9.17, 15) is 9.90 Å². The molecule has 1 aromatic carbocycles. The van der Waals surface area contributed by atoms with E-state index in [1.54, 1.807) is 11.8 Å². The van der Waals surface area contributed by atoms with Crippen LogP contribution >= 0.6 is 11.8 Å². The summed E-state index contributed by atoms with van der Waals surface area (Å²) in [5, 5.41) is 13.3. The number of thioether (sulfide) groups is 1. The largest absolute Gasteiger partial charge is 0.477 e. The van der Waals surface area contributed by atoms with E-state index in [2.05, 4.69) is 5.10 Å². The van der Waals surface area contributed by atoms with Crippen molar-refractivity contribution >= 4 is 17.7 Å². The summed E-state index contributed by atoms with van der Waals surface area (Å²) in [6, 6.07) is 9.34. The number of carboxylic acids is 1. The van der Waals surface area contributed by atoms with Gasteiger partial charge in [0, 0.05) is 0 Å². The van der Waals surface area contributed by atoms with Crippen LogP contribution in [0.15, 0.2) is 36.5 Å². The molecule has 0 aliphatic rings. The average molecular weight is 292 g/mol. The van der Waals surface area contributed by atoms with Crippen LogP contribution in [0.3, 0.4) is 0 Å². The monoisotopic (exact) mass is 292 g/mol. The highest BCUT2D eigenvalue weighted by Gasteiger charge is 2.19. The van der Waals surface area contributed by atoms with Crippen LogP contribution in [0.5, 0.6) is 5.88 Å². The summed E-state index contributed by atoms with van der Waals surface area (Å²) in [4.78, 5) is 11.2. The first-order chi connectivity index (χ1) is 9.74. The third-order valence-corrected chi connectivity index (χ3v) is 3.38. The van der Waals surface area contributed by atoms with Gasteiger partial charge in [0.15, 0.2) is 0 Å². The van der Waals surface area contributed by atoms with Gasteiger partial charge in [-0.15, -0.1) is 0 Å². The van der Waals surface area contributed by atoms with E-state index in [0.29, 0.717) is 6.61 Å². The van der Waals surface area contributed by atoms with Crippen LogP contribution in [0.1, 0.15) is 16.8 Å². The Balaban J connectivity index is 2.26. The van der Waals surface area contributed by atoms with Crippen LogP contribution in [0.4, 0.5) is 0 Å². The molecule has 0 unspecified atom stereocenters. The molecular formula is C14H16N2O3S. The molecule has 0 amide bonds. The zero-order chi connectivity index (χ0) is 14.4. The Bertz CT molecular complexity index is 569. The average Bonchev–Trinajstić information content (AvgIpc) is 2.88. The van der Waals surface area contributed by atoms with Crippen LogP contribution in [0, 0.1) is 0 Å². The summed E-state index contributed by atoms with van der Waals surface area (Å²) >= 11 is 1.73. The second-order valence-corrected chi connectivity index (χ2v) is 5.10. The van der Waals surface area contributed by atoms with E-state index in [4.69, 9.17) is 4.74 Å². The van der Waals surface area contributed by atoms with Gasteiger partial charge in [-0.2, -0.15) is 16.9 Å². The standard InChI is InChI=1S/C14H16N2O3S/c1-20-9-5-8-19-13-12(14(17)18)10-15-16(13)11-6-3-2-4-7-11/h2-4,6-7,10H,5,8-9H2,1H3,(H,17,18). The normalized spacial score (nSPS) is 10.4. The Hall–Kier alpha value is -1.95. The maximum atomic E-state index is 11.2. The van der Waals surface area contributed by atoms with Crippen molar-refractivity contribution in [2.75, 3.05) is 18.6 Å². The quantitative estimate of drug-likeness (QED) is 0.795. The topological polar surface area (TPSA) is 64.3 Å². The molecule has 2 rings (SSSR count). The summed E-state index contributed by atoms with van der Waals surface area (Å²) < 4.78 is 7.15. The van der Waals surface area contributed by atoms with Crippen molar-refractivity contribution in [3.05, 3.63) is 42.1 Å². The molecule has 0 radical (unpaired) electrons. The maximum absolute atomic E-state index is 11.2. The molecule has 0 atom stereocenters. The van der Waals surface area contributed by atoms with Crippen molar-refractivity contribution in [3.63, 3.8) is 0 Å². The van der Waals surface area contributed by atoms with Crippen molar-refractivity contribution in [2.24, 2.45) is 0 Å². The minimum absolute atomic E-state index is 0.0815. The van der Waals surface area contributed by atoms with E-state index in [-0.39, 0.29) is 11.4 Å². The Morgan fingerprint density at radius 2 is 2.15 bits per heavy atom. The molecule has 1 N–H and O–H groups in total. The minimum Gasteiger partial charge on any atom is -0.477 e. The van der Waals surface area contributed by atoms with Crippen molar-refractivity contribution in [3.8, 4) is 11.6 Å². The van der Waals surface area contributed by atoms with E-state index in [1.165, 1.54) is 10.9 Å². The molecule has 0 bridgehead atoms. The zero-order valence-electron chi connectivity index (χ0n) is 11.2. The van der Waals surface area contributed by atoms with Crippen LogP contribution in [-0.4, -0.2) is 39.5 Å². The molecule has 2 aromatic rings. The number of para-hydroxylation sites is 1. The molecule has 5 nitrogen and oxygen atoms in total. The van der Waals surface area contributed by atoms with Gasteiger partial charge in [0.2, 0.25) is 5.88 Å². The number of hydrogen-bond acceptors (Lipinski definition) is 4. The summed E-state index contributed by atoms with van der Waals surface area (Å²) in [6.07, 6.45) is 4.20. The number of carbonyl (C=O) groups is 1. The Kier molecular flexibility index (Phi) is 5.06. The first-order valence-electron chi connectivity index (χ1n) is 6.22. The number of ether oxygens (including phenoxy) is 1. The van der Waals surface area contributed by atoms with E-state index in [1.807, 2.05) is 36.6 Å². The summed E-state index contributed by atoms with van der Waals surface area (Å²) in [7, 11) is 0. The second-order valence-electron chi connectivity index (χ2n) is 4.11. The van der Waals surface area contributed by atoms with Gasteiger partial charge in [0.25, 0.3) is 0 Å². The van der Waals surface area contributed by atoms with Crippen LogP contribution in [-0.2, 0) is 0 Å². The lowest BCUT2D eigenvalue weighted by atomic mass is 10.3. The first kappa shape index (κ1) is 14.5. The molecule has 0 aliphatic heterocycles. The number of nitrogens with zero attached hydrogens (tertiary/aromatic N) is 2.